The number of pyridine rings is 1. The monoisotopic (exact) mass is 269 g/mol. The van der Waals surface area contributed by atoms with E-state index in [1.165, 1.54) is 6.20 Å². The van der Waals surface area contributed by atoms with Gasteiger partial charge in [0.1, 0.15) is 5.75 Å². The zero-order chi connectivity index (χ0) is 13.3. The Bertz CT molecular complexity index is 496. The Balaban J connectivity index is 3.01. The third-order valence-corrected chi connectivity index (χ3v) is 2.81. The maximum Gasteiger partial charge on any atom is 0.534 e. The lowest BCUT2D eigenvalue weighted by Gasteiger charge is -2.10. The van der Waals surface area contributed by atoms with Crippen molar-refractivity contribution >= 4 is 10.1 Å². The molecule has 4 nitrogen and oxygen atoms in total. The average Bonchev–Trinajstić information content (AvgIpc) is 2.15. The second-order valence-electron chi connectivity index (χ2n) is 3.55. The highest BCUT2D eigenvalue weighted by Crippen LogP contribution is 2.27. The van der Waals surface area contributed by atoms with Gasteiger partial charge in [0.05, 0.1) is 0 Å². The normalized spacial score (nSPS) is 12.8. The number of halogens is 3. The van der Waals surface area contributed by atoms with Crippen LogP contribution < -0.4 is 4.18 Å². The Morgan fingerprint density at radius 3 is 2.41 bits per heavy atom. The van der Waals surface area contributed by atoms with Crippen LogP contribution in [0.15, 0.2) is 18.3 Å². The molecule has 1 rings (SSSR count). The van der Waals surface area contributed by atoms with Crippen LogP contribution in [-0.2, 0) is 10.1 Å². The highest BCUT2D eigenvalue weighted by Gasteiger charge is 2.48. The molecular formula is C9H10F3NO3S. The molecule has 0 atom stereocenters. The first-order chi connectivity index (χ1) is 7.63. The Morgan fingerprint density at radius 1 is 1.35 bits per heavy atom. The first-order valence-electron chi connectivity index (χ1n) is 4.60. The zero-order valence-corrected chi connectivity index (χ0v) is 9.84. The van der Waals surface area contributed by atoms with Crippen LogP contribution in [0, 0.1) is 0 Å². The van der Waals surface area contributed by atoms with Gasteiger partial charge in [0.2, 0.25) is 0 Å². The number of hydrogen-bond acceptors (Lipinski definition) is 4. The van der Waals surface area contributed by atoms with Crippen LogP contribution >= 0.6 is 0 Å². The lowest BCUT2D eigenvalue weighted by Crippen LogP contribution is -2.28. The van der Waals surface area contributed by atoms with Crippen molar-refractivity contribution in [2.45, 2.75) is 25.3 Å². The van der Waals surface area contributed by atoms with Crippen LogP contribution in [-0.4, -0.2) is 18.9 Å². The quantitative estimate of drug-likeness (QED) is 0.624. The summed E-state index contributed by atoms with van der Waals surface area (Å²) in [4.78, 5) is 3.88. The van der Waals surface area contributed by atoms with Crippen molar-refractivity contribution in [2.75, 3.05) is 0 Å². The summed E-state index contributed by atoms with van der Waals surface area (Å²) >= 11 is 0. The fraction of sp³-hybridized carbons (Fsp3) is 0.444. The van der Waals surface area contributed by atoms with Crippen LogP contribution in [0.3, 0.4) is 0 Å². The summed E-state index contributed by atoms with van der Waals surface area (Å²) in [5, 5.41) is 0. The molecule has 0 aliphatic heterocycles. The summed E-state index contributed by atoms with van der Waals surface area (Å²) in [6.45, 7) is 3.54. The second-order valence-corrected chi connectivity index (χ2v) is 5.09. The Hall–Kier alpha value is -1.31. The largest absolute Gasteiger partial charge is 0.534 e. The molecule has 1 aromatic heterocycles. The van der Waals surface area contributed by atoms with Gasteiger partial charge in [0.25, 0.3) is 0 Å². The van der Waals surface area contributed by atoms with Crippen molar-refractivity contribution in [3.8, 4) is 5.75 Å². The topological polar surface area (TPSA) is 56.3 Å². The van der Waals surface area contributed by atoms with Gasteiger partial charge in [-0.3, -0.25) is 4.98 Å². The van der Waals surface area contributed by atoms with Crippen LogP contribution in [0.1, 0.15) is 25.5 Å². The fourth-order valence-corrected chi connectivity index (χ4v) is 1.42. The molecule has 0 spiro atoms. The molecule has 0 N–H and O–H groups in total. The standard InChI is InChI=1S/C9H10F3NO3S/c1-6(2)8-5-7(3-4-13-8)16-17(14,15)9(10,11)12/h3-6H,1-2H3. The summed E-state index contributed by atoms with van der Waals surface area (Å²) in [6, 6.07) is 2.21. The maximum atomic E-state index is 12.0. The Labute approximate surface area is 96.6 Å². The van der Waals surface area contributed by atoms with Gasteiger partial charge < -0.3 is 4.18 Å². The average molecular weight is 269 g/mol. The predicted octanol–water partition coefficient (Wildman–Crippen LogP) is 2.43. The lowest BCUT2D eigenvalue weighted by atomic mass is 10.1. The smallest absolute Gasteiger partial charge is 0.376 e. The van der Waals surface area contributed by atoms with Gasteiger partial charge in [-0.2, -0.15) is 21.6 Å². The van der Waals surface area contributed by atoms with E-state index < -0.39 is 21.4 Å². The molecule has 0 aromatic carbocycles. The van der Waals surface area contributed by atoms with E-state index in [4.69, 9.17) is 0 Å². The van der Waals surface area contributed by atoms with E-state index in [0.29, 0.717) is 5.69 Å². The maximum absolute atomic E-state index is 12.0. The SMILES string of the molecule is CC(C)c1cc(OS(=O)(=O)C(F)(F)F)ccn1. The minimum absolute atomic E-state index is 0.0489. The van der Waals surface area contributed by atoms with Gasteiger partial charge in [-0.15, -0.1) is 0 Å². The molecule has 0 radical (unpaired) electrons. The molecular weight excluding hydrogens is 259 g/mol. The van der Waals surface area contributed by atoms with E-state index in [0.717, 1.165) is 12.1 Å². The molecule has 0 aliphatic carbocycles. The second kappa shape index (κ2) is 4.52. The molecule has 8 heteroatoms. The van der Waals surface area contributed by atoms with Crippen LogP contribution in [0.25, 0.3) is 0 Å². The van der Waals surface area contributed by atoms with Crippen molar-refractivity contribution in [1.82, 2.24) is 4.98 Å². The molecule has 0 fully saturated rings. The zero-order valence-electron chi connectivity index (χ0n) is 9.02. The minimum Gasteiger partial charge on any atom is -0.376 e. The van der Waals surface area contributed by atoms with E-state index >= 15 is 0 Å². The van der Waals surface area contributed by atoms with Crippen molar-refractivity contribution in [1.29, 1.82) is 0 Å². The predicted molar refractivity (Wildman–Crippen MR) is 53.9 cm³/mol. The van der Waals surface area contributed by atoms with E-state index in [-0.39, 0.29) is 5.92 Å². The molecule has 17 heavy (non-hydrogen) atoms. The van der Waals surface area contributed by atoms with Gasteiger partial charge >= 0.3 is 15.6 Å². The summed E-state index contributed by atoms with van der Waals surface area (Å²) in [7, 11) is -5.62. The van der Waals surface area contributed by atoms with E-state index in [1.54, 1.807) is 13.8 Å². The highest BCUT2D eigenvalue weighted by molar-refractivity contribution is 7.87. The Kier molecular flexibility index (Phi) is 3.65. The molecule has 96 valence electrons. The molecule has 0 aliphatic rings. The summed E-state index contributed by atoms with van der Waals surface area (Å²) in [5.41, 5.74) is -4.99. The molecule has 0 saturated heterocycles. The van der Waals surface area contributed by atoms with E-state index in [1.807, 2.05) is 0 Å². The summed E-state index contributed by atoms with van der Waals surface area (Å²) in [5.74, 6) is -0.451. The van der Waals surface area contributed by atoms with Gasteiger partial charge in [0, 0.05) is 24.0 Å². The lowest BCUT2D eigenvalue weighted by molar-refractivity contribution is -0.0500. The highest BCUT2D eigenvalue weighted by atomic mass is 32.2. The van der Waals surface area contributed by atoms with Gasteiger partial charge in [-0.1, -0.05) is 13.8 Å². The van der Waals surface area contributed by atoms with Crippen LogP contribution in [0.4, 0.5) is 13.2 Å². The summed E-state index contributed by atoms with van der Waals surface area (Å²) < 4.78 is 61.6. The van der Waals surface area contributed by atoms with Crippen molar-refractivity contribution < 1.29 is 25.8 Å². The number of rotatable bonds is 3. The first-order valence-corrected chi connectivity index (χ1v) is 6.01. The van der Waals surface area contributed by atoms with Crippen LogP contribution in [0.5, 0.6) is 5.75 Å². The summed E-state index contributed by atoms with van der Waals surface area (Å²) in [6.07, 6.45) is 1.19. The number of hydrogen-bond donors (Lipinski definition) is 0. The Morgan fingerprint density at radius 2 is 1.94 bits per heavy atom. The molecule has 1 heterocycles. The van der Waals surface area contributed by atoms with Crippen molar-refractivity contribution in [3.05, 3.63) is 24.0 Å². The molecule has 0 saturated carbocycles. The third-order valence-electron chi connectivity index (χ3n) is 1.83. The molecule has 0 bridgehead atoms. The fourth-order valence-electron chi connectivity index (χ4n) is 0.969. The van der Waals surface area contributed by atoms with Crippen LogP contribution in [0.2, 0.25) is 0 Å². The van der Waals surface area contributed by atoms with Gasteiger partial charge in [-0.25, -0.2) is 0 Å². The van der Waals surface area contributed by atoms with Crippen molar-refractivity contribution in [2.24, 2.45) is 0 Å². The third kappa shape index (κ3) is 3.32. The number of alkyl halides is 3. The molecule has 0 unspecified atom stereocenters. The van der Waals surface area contributed by atoms with E-state index in [9.17, 15) is 21.6 Å². The van der Waals surface area contributed by atoms with Crippen molar-refractivity contribution in [3.63, 3.8) is 0 Å². The van der Waals surface area contributed by atoms with Gasteiger partial charge in [-0.05, 0) is 5.92 Å². The molecule has 1 aromatic rings. The van der Waals surface area contributed by atoms with E-state index in [2.05, 4.69) is 9.17 Å². The first kappa shape index (κ1) is 13.8. The minimum atomic E-state index is -5.62. The molecule has 0 amide bonds. The van der Waals surface area contributed by atoms with Gasteiger partial charge in [0.15, 0.2) is 0 Å². The number of aromatic nitrogens is 1. The number of nitrogens with zero attached hydrogens (tertiary/aromatic N) is 1.